The van der Waals surface area contributed by atoms with Crippen LogP contribution in [0.25, 0.3) is 10.9 Å². The van der Waals surface area contributed by atoms with E-state index in [1.807, 2.05) is 6.07 Å². The van der Waals surface area contributed by atoms with Crippen LogP contribution in [0.4, 0.5) is 0 Å². The van der Waals surface area contributed by atoms with Gasteiger partial charge >= 0.3 is 0 Å². The number of rotatable bonds is 6. The number of aromatic amines is 1. The van der Waals surface area contributed by atoms with Crippen molar-refractivity contribution in [3.63, 3.8) is 0 Å². The van der Waals surface area contributed by atoms with Crippen LogP contribution in [-0.4, -0.2) is 4.98 Å². The van der Waals surface area contributed by atoms with Gasteiger partial charge in [0.25, 0.3) is 0 Å². The number of aromatic nitrogens is 1. The van der Waals surface area contributed by atoms with E-state index >= 15 is 0 Å². The van der Waals surface area contributed by atoms with E-state index in [2.05, 4.69) is 36.2 Å². The molecule has 0 radical (unpaired) electrons. The second kappa shape index (κ2) is 6.69. The van der Waals surface area contributed by atoms with Crippen LogP contribution in [0.2, 0.25) is 0 Å². The molecule has 0 aliphatic rings. The van der Waals surface area contributed by atoms with Gasteiger partial charge in [-0.1, -0.05) is 63.0 Å². The van der Waals surface area contributed by atoms with Gasteiger partial charge in [-0.15, -0.1) is 0 Å². The topological polar surface area (TPSA) is 15.8 Å². The van der Waals surface area contributed by atoms with Crippen molar-refractivity contribution in [3.8, 4) is 0 Å². The maximum Gasteiger partial charge on any atom is 0.0487 e. The highest BCUT2D eigenvalue weighted by Crippen LogP contribution is 2.16. The average molecular weight is 259 g/mol. The minimum absolute atomic E-state index is 0.966. The lowest BCUT2D eigenvalue weighted by Crippen LogP contribution is -1.92. The summed E-state index contributed by atoms with van der Waals surface area (Å²) < 4.78 is 0.966. The summed E-state index contributed by atoms with van der Waals surface area (Å²) in [6.07, 6.45) is 7.69. The van der Waals surface area contributed by atoms with Crippen LogP contribution in [0.5, 0.6) is 0 Å². The quantitative estimate of drug-likeness (QED) is 0.541. The highest BCUT2D eigenvalue weighted by molar-refractivity contribution is 7.71. The number of pyridine rings is 1. The third kappa shape index (κ3) is 3.42. The number of para-hydroxylation sites is 1. The summed E-state index contributed by atoms with van der Waals surface area (Å²) in [5.41, 5.74) is 2.43. The van der Waals surface area contributed by atoms with E-state index in [1.54, 1.807) is 0 Å². The van der Waals surface area contributed by atoms with E-state index in [-0.39, 0.29) is 0 Å². The maximum atomic E-state index is 5.44. The number of aryl methyl sites for hydroxylation is 1. The second-order valence-corrected chi connectivity index (χ2v) is 5.31. The average Bonchev–Trinajstić information content (AvgIpc) is 2.39. The van der Waals surface area contributed by atoms with E-state index in [1.165, 1.54) is 37.8 Å². The Morgan fingerprint density at radius 1 is 1.06 bits per heavy atom. The molecule has 0 saturated carbocycles. The molecular weight excluding hydrogens is 238 g/mol. The second-order valence-electron chi connectivity index (χ2n) is 4.87. The molecule has 0 unspecified atom stereocenters. The fourth-order valence-electron chi connectivity index (χ4n) is 2.31. The molecule has 0 amide bonds. The van der Waals surface area contributed by atoms with E-state index < -0.39 is 0 Å². The molecule has 0 aliphatic carbocycles. The van der Waals surface area contributed by atoms with Gasteiger partial charge in [0.1, 0.15) is 0 Å². The van der Waals surface area contributed by atoms with Crippen molar-refractivity contribution in [1.82, 2.24) is 4.98 Å². The first-order valence-electron chi connectivity index (χ1n) is 6.92. The zero-order valence-corrected chi connectivity index (χ0v) is 11.9. The molecule has 0 aliphatic heterocycles. The minimum Gasteiger partial charge on any atom is -0.358 e. The third-order valence-corrected chi connectivity index (χ3v) is 3.68. The fourth-order valence-corrected chi connectivity index (χ4v) is 2.63. The molecule has 0 saturated heterocycles. The summed E-state index contributed by atoms with van der Waals surface area (Å²) in [5.74, 6) is 0. The molecule has 0 atom stereocenters. The van der Waals surface area contributed by atoms with Gasteiger partial charge in [-0.05, 0) is 25.0 Å². The Hall–Kier alpha value is -1.15. The van der Waals surface area contributed by atoms with Crippen molar-refractivity contribution in [2.24, 2.45) is 0 Å². The van der Waals surface area contributed by atoms with Crippen LogP contribution >= 0.6 is 12.2 Å². The first kappa shape index (κ1) is 13.3. The summed E-state index contributed by atoms with van der Waals surface area (Å²) in [5, 5.41) is 1.15. The Morgan fingerprint density at radius 2 is 1.83 bits per heavy atom. The number of hydrogen-bond donors (Lipinski definition) is 1. The monoisotopic (exact) mass is 259 g/mol. The zero-order valence-electron chi connectivity index (χ0n) is 11.0. The molecule has 0 bridgehead atoms. The molecule has 18 heavy (non-hydrogen) atoms. The molecule has 0 spiro atoms. The van der Waals surface area contributed by atoms with Crippen molar-refractivity contribution in [3.05, 3.63) is 40.5 Å². The summed E-state index contributed by atoms with van der Waals surface area (Å²) in [4.78, 5) is 3.49. The predicted octanol–water partition coefficient (Wildman–Crippen LogP) is 5.41. The molecule has 1 heterocycles. The molecule has 2 aromatic rings. The number of fused-ring (bicyclic) bond motifs is 1. The maximum absolute atomic E-state index is 5.44. The van der Waals surface area contributed by atoms with Crippen LogP contribution in [0.15, 0.2) is 30.3 Å². The Bertz CT molecular complexity index is 556. The number of nitrogens with one attached hydrogen (secondary N) is 1. The highest BCUT2D eigenvalue weighted by atomic mass is 32.1. The van der Waals surface area contributed by atoms with Crippen molar-refractivity contribution < 1.29 is 0 Å². The van der Waals surface area contributed by atoms with Gasteiger partial charge in [0.05, 0.1) is 0 Å². The van der Waals surface area contributed by atoms with Crippen molar-refractivity contribution in [2.75, 3.05) is 0 Å². The van der Waals surface area contributed by atoms with Gasteiger partial charge in [-0.25, -0.2) is 0 Å². The molecule has 1 aromatic heterocycles. The van der Waals surface area contributed by atoms with Crippen LogP contribution in [-0.2, 0) is 6.42 Å². The molecule has 1 nitrogen and oxygen atoms in total. The standard InChI is InChI=1S/C16H21NS/c1-2-3-4-5-6-9-13-12-16(18)14-10-7-8-11-15(14)17-13/h7-8,10-12H,2-6,9H2,1H3,(H,17,18). The number of unbranched alkanes of at least 4 members (excludes halogenated alkanes) is 4. The van der Waals surface area contributed by atoms with Gasteiger partial charge in [0.15, 0.2) is 0 Å². The van der Waals surface area contributed by atoms with Crippen molar-refractivity contribution in [1.29, 1.82) is 0 Å². The summed E-state index contributed by atoms with van der Waals surface area (Å²) in [6.45, 7) is 2.25. The van der Waals surface area contributed by atoms with E-state index in [0.717, 1.165) is 21.8 Å². The lowest BCUT2D eigenvalue weighted by atomic mass is 10.1. The van der Waals surface area contributed by atoms with Gasteiger partial charge in [0, 0.05) is 21.1 Å². The lowest BCUT2D eigenvalue weighted by molar-refractivity contribution is 0.628. The van der Waals surface area contributed by atoms with Gasteiger partial charge in [0.2, 0.25) is 0 Å². The molecule has 1 N–H and O–H groups in total. The van der Waals surface area contributed by atoms with Gasteiger partial charge in [-0.3, -0.25) is 0 Å². The number of benzene rings is 1. The minimum atomic E-state index is 0.966. The fraction of sp³-hybridized carbons (Fsp3) is 0.438. The van der Waals surface area contributed by atoms with Crippen LogP contribution in [0.1, 0.15) is 44.7 Å². The molecule has 1 aromatic carbocycles. The Balaban J connectivity index is 2.03. The molecule has 2 rings (SSSR count). The third-order valence-electron chi connectivity index (χ3n) is 3.34. The molecule has 96 valence electrons. The lowest BCUT2D eigenvalue weighted by Gasteiger charge is -2.05. The SMILES string of the molecule is CCCCCCCc1cc(=S)c2ccccc2[nH]1. The number of H-pyrrole nitrogens is 1. The van der Waals surface area contributed by atoms with E-state index in [4.69, 9.17) is 12.2 Å². The van der Waals surface area contributed by atoms with E-state index in [9.17, 15) is 0 Å². The molecule has 0 fully saturated rings. The van der Waals surface area contributed by atoms with Gasteiger partial charge < -0.3 is 4.98 Å². The number of hydrogen-bond acceptors (Lipinski definition) is 1. The van der Waals surface area contributed by atoms with Crippen molar-refractivity contribution >= 4 is 23.1 Å². The molecular formula is C16H21NS. The Morgan fingerprint density at radius 3 is 2.67 bits per heavy atom. The van der Waals surface area contributed by atoms with Crippen LogP contribution < -0.4 is 0 Å². The summed E-state index contributed by atoms with van der Waals surface area (Å²) >= 11 is 5.44. The van der Waals surface area contributed by atoms with Crippen LogP contribution in [0, 0.1) is 4.51 Å². The first-order chi connectivity index (χ1) is 8.81. The summed E-state index contributed by atoms with van der Waals surface area (Å²) in [7, 11) is 0. The van der Waals surface area contributed by atoms with Gasteiger partial charge in [-0.2, -0.15) is 0 Å². The Kier molecular flexibility index (Phi) is 4.94. The predicted molar refractivity (Wildman–Crippen MR) is 81.6 cm³/mol. The largest absolute Gasteiger partial charge is 0.358 e. The zero-order chi connectivity index (χ0) is 12.8. The summed E-state index contributed by atoms with van der Waals surface area (Å²) in [6, 6.07) is 10.4. The normalized spacial score (nSPS) is 10.9. The molecule has 2 heteroatoms. The van der Waals surface area contributed by atoms with Crippen LogP contribution in [0.3, 0.4) is 0 Å². The smallest absolute Gasteiger partial charge is 0.0487 e. The highest BCUT2D eigenvalue weighted by Gasteiger charge is 1.99. The Labute approximate surface area is 114 Å². The van der Waals surface area contributed by atoms with E-state index in [0.29, 0.717) is 0 Å². The first-order valence-corrected chi connectivity index (χ1v) is 7.33. The van der Waals surface area contributed by atoms with Crippen molar-refractivity contribution in [2.45, 2.75) is 45.4 Å².